The summed E-state index contributed by atoms with van der Waals surface area (Å²) in [5, 5.41) is 11.9. The number of benzene rings is 3. The summed E-state index contributed by atoms with van der Waals surface area (Å²) in [6.45, 7) is 5.91. The molecule has 1 aromatic heterocycles. The van der Waals surface area contributed by atoms with Crippen LogP contribution in [0.2, 0.25) is 0 Å². The summed E-state index contributed by atoms with van der Waals surface area (Å²) < 4.78 is 23.6. The Morgan fingerprint density at radius 3 is 2.50 bits per heavy atom. The van der Waals surface area contributed by atoms with E-state index in [1.165, 1.54) is 16.2 Å². The fourth-order valence-electron chi connectivity index (χ4n) is 5.02. The Balaban J connectivity index is 1.46. The molecule has 3 heterocycles. The largest absolute Gasteiger partial charge is 0.507 e. The molecule has 1 amide bonds. The lowest BCUT2D eigenvalue weighted by Crippen LogP contribution is -2.29. The number of ether oxygens (including phenoxy) is 4. The summed E-state index contributed by atoms with van der Waals surface area (Å²) in [6.07, 6.45) is 1.95. The Hall–Kier alpha value is -4.57. The number of carbonyl (C=O) groups is 2. The fraction of sp³-hybridized carbons (Fsp3) is 0.281. The van der Waals surface area contributed by atoms with Crippen LogP contribution in [0.1, 0.15) is 43.9 Å². The Morgan fingerprint density at radius 2 is 1.74 bits per heavy atom. The van der Waals surface area contributed by atoms with Gasteiger partial charge in [-0.15, -0.1) is 0 Å². The standard InChI is InChI=1S/C32H30N2O7S/c1-3-5-14-39-21-9-6-19(7-10-21)28-27(29(35)20-8-13-24-25(17-20)41-16-15-40-24)30(36)31(37)34(28)32-33-23-12-11-22(38-4-2)18-26(23)42-32/h6-13,17-18,28,35H,3-5,14-16H2,1-2H3. The Labute approximate surface area is 246 Å². The first-order valence-electron chi connectivity index (χ1n) is 14.0. The highest BCUT2D eigenvalue weighted by atomic mass is 32.1. The average molecular weight is 587 g/mol. The van der Waals surface area contributed by atoms with Crippen LogP contribution < -0.4 is 23.8 Å². The number of nitrogens with zero attached hydrogens (tertiary/aromatic N) is 2. The molecule has 0 aliphatic carbocycles. The van der Waals surface area contributed by atoms with E-state index in [0.717, 1.165) is 17.5 Å². The molecule has 0 bridgehead atoms. The second-order valence-electron chi connectivity index (χ2n) is 9.86. The first-order valence-corrected chi connectivity index (χ1v) is 14.8. The minimum Gasteiger partial charge on any atom is -0.507 e. The molecule has 0 radical (unpaired) electrons. The van der Waals surface area contributed by atoms with Crippen molar-refractivity contribution in [2.24, 2.45) is 0 Å². The van der Waals surface area contributed by atoms with Crippen molar-refractivity contribution in [2.75, 3.05) is 31.3 Å². The summed E-state index contributed by atoms with van der Waals surface area (Å²) in [6, 6.07) is 16.8. The van der Waals surface area contributed by atoms with Gasteiger partial charge in [-0.25, -0.2) is 4.98 Å². The van der Waals surface area contributed by atoms with Crippen molar-refractivity contribution in [1.29, 1.82) is 0 Å². The third-order valence-electron chi connectivity index (χ3n) is 7.09. The Kier molecular flexibility index (Phi) is 7.71. The Bertz CT molecular complexity index is 1680. The van der Waals surface area contributed by atoms with Crippen LogP contribution in [0.25, 0.3) is 16.0 Å². The smallest absolute Gasteiger partial charge is 0.301 e. The van der Waals surface area contributed by atoms with Gasteiger partial charge in [0.15, 0.2) is 16.6 Å². The Morgan fingerprint density at radius 1 is 0.976 bits per heavy atom. The van der Waals surface area contributed by atoms with E-state index in [2.05, 4.69) is 6.92 Å². The van der Waals surface area contributed by atoms with E-state index in [1.54, 1.807) is 18.2 Å². The maximum Gasteiger partial charge on any atom is 0.301 e. The lowest BCUT2D eigenvalue weighted by Gasteiger charge is -2.23. The molecule has 1 atom stereocenters. The summed E-state index contributed by atoms with van der Waals surface area (Å²) >= 11 is 1.28. The molecule has 1 fully saturated rings. The minimum absolute atomic E-state index is 0.0365. The van der Waals surface area contributed by atoms with Gasteiger partial charge in [-0.2, -0.15) is 0 Å². The van der Waals surface area contributed by atoms with Crippen LogP contribution >= 0.6 is 11.3 Å². The first-order chi connectivity index (χ1) is 20.5. The van der Waals surface area contributed by atoms with Crippen molar-refractivity contribution < 1.29 is 33.6 Å². The maximum atomic E-state index is 13.7. The SMILES string of the molecule is CCCCOc1ccc(C2C(=C(O)c3ccc4c(c3)OCCO4)C(=O)C(=O)N2c2nc3ccc(OCC)cc3s2)cc1. The van der Waals surface area contributed by atoms with Crippen molar-refractivity contribution in [3.63, 3.8) is 0 Å². The maximum absolute atomic E-state index is 13.7. The van der Waals surface area contributed by atoms with Crippen molar-refractivity contribution in [2.45, 2.75) is 32.7 Å². The summed E-state index contributed by atoms with van der Waals surface area (Å²) in [5.41, 5.74) is 1.61. The highest BCUT2D eigenvalue weighted by Crippen LogP contribution is 2.45. The third-order valence-corrected chi connectivity index (χ3v) is 8.11. The van der Waals surface area contributed by atoms with Crippen LogP contribution in [0.4, 0.5) is 5.13 Å². The second kappa shape index (κ2) is 11.7. The van der Waals surface area contributed by atoms with Crippen molar-refractivity contribution in [3.8, 4) is 23.0 Å². The van der Waals surface area contributed by atoms with Crippen LogP contribution in [-0.4, -0.2) is 48.2 Å². The summed E-state index contributed by atoms with van der Waals surface area (Å²) in [7, 11) is 0. The van der Waals surface area contributed by atoms with Crippen LogP contribution in [0.3, 0.4) is 0 Å². The molecule has 216 valence electrons. The van der Waals surface area contributed by atoms with Gasteiger partial charge in [0.05, 0.1) is 35.0 Å². The van der Waals surface area contributed by atoms with Crippen LogP contribution in [0.5, 0.6) is 23.0 Å². The molecule has 1 saturated heterocycles. The topological polar surface area (TPSA) is 107 Å². The van der Waals surface area contributed by atoms with Gasteiger partial charge in [0.2, 0.25) is 0 Å². The minimum atomic E-state index is -0.921. The first kappa shape index (κ1) is 27.6. The van der Waals surface area contributed by atoms with Crippen molar-refractivity contribution in [1.82, 2.24) is 4.98 Å². The number of Topliss-reactive ketones (excluding diaryl/α,β-unsaturated/α-hetero) is 1. The van der Waals surface area contributed by atoms with Gasteiger partial charge in [0.25, 0.3) is 5.78 Å². The predicted octanol–water partition coefficient (Wildman–Crippen LogP) is 6.27. The number of fused-ring (bicyclic) bond motifs is 2. The number of unbranched alkanes of at least 4 members (excludes halogenated alkanes) is 1. The number of rotatable bonds is 9. The number of thiazole rings is 1. The molecule has 0 spiro atoms. The zero-order chi connectivity index (χ0) is 29.2. The number of carbonyl (C=O) groups excluding carboxylic acids is 2. The number of aliphatic hydroxyl groups excluding tert-OH is 1. The van der Waals surface area contributed by atoms with E-state index < -0.39 is 17.7 Å². The summed E-state index contributed by atoms with van der Waals surface area (Å²) in [4.78, 5) is 33.4. The monoisotopic (exact) mass is 586 g/mol. The second-order valence-corrected chi connectivity index (χ2v) is 10.9. The van der Waals surface area contributed by atoms with Gasteiger partial charge in [0.1, 0.15) is 30.5 Å². The van der Waals surface area contributed by atoms with E-state index in [1.807, 2.05) is 49.4 Å². The summed E-state index contributed by atoms with van der Waals surface area (Å²) in [5.74, 6) is 0.503. The van der Waals surface area contributed by atoms with Crippen molar-refractivity contribution >= 4 is 44.1 Å². The molecule has 0 saturated carbocycles. The van der Waals surface area contributed by atoms with Crippen LogP contribution in [0, 0.1) is 0 Å². The molecule has 6 rings (SSSR count). The molecule has 2 aliphatic rings. The van der Waals surface area contributed by atoms with E-state index >= 15 is 0 Å². The number of aromatic nitrogens is 1. The lowest BCUT2D eigenvalue weighted by molar-refractivity contribution is -0.132. The molecule has 42 heavy (non-hydrogen) atoms. The highest BCUT2D eigenvalue weighted by Gasteiger charge is 2.48. The lowest BCUT2D eigenvalue weighted by atomic mass is 9.95. The number of hydrogen-bond acceptors (Lipinski definition) is 9. The number of ketones is 1. The van der Waals surface area contributed by atoms with E-state index in [4.69, 9.17) is 23.9 Å². The van der Waals surface area contributed by atoms with Crippen molar-refractivity contribution in [3.05, 3.63) is 77.4 Å². The molecule has 2 aliphatic heterocycles. The molecule has 10 heteroatoms. The number of hydrogen-bond donors (Lipinski definition) is 1. The quantitative estimate of drug-likeness (QED) is 0.106. The van der Waals surface area contributed by atoms with Gasteiger partial charge in [-0.3, -0.25) is 14.5 Å². The molecule has 4 aromatic rings. The van der Waals surface area contributed by atoms with E-state index in [-0.39, 0.29) is 11.3 Å². The molecular weight excluding hydrogens is 556 g/mol. The van der Waals surface area contributed by atoms with E-state index in [9.17, 15) is 14.7 Å². The molecule has 1 unspecified atom stereocenters. The highest BCUT2D eigenvalue weighted by molar-refractivity contribution is 7.22. The molecular formula is C32H30N2O7S. The van der Waals surface area contributed by atoms with Crippen LogP contribution in [-0.2, 0) is 9.59 Å². The normalized spacial score (nSPS) is 17.6. The average Bonchev–Trinajstić information content (AvgIpc) is 3.54. The van der Waals surface area contributed by atoms with Gasteiger partial charge in [0, 0.05) is 5.56 Å². The van der Waals surface area contributed by atoms with Gasteiger partial charge >= 0.3 is 5.91 Å². The third kappa shape index (κ3) is 5.14. The van der Waals surface area contributed by atoms with Gasteiger partial charge in [-0.1, -0.05) is 36.8 Å². The fourth-order valence-corrected chi connectivity index (χ4v) is 6.05. The zero-order valence-corrected chi connectivity index (χ0v) is 24.1. The van der Waals surface area contributed by atoms with Gasteiger partial charge < -0.3 is 24.1 Å². The molecule has 3 aromatic carbocycles. The predicted molar refractivity (Wildman–Crippen MR) is 160 cm³/mol. The number of anilines is 1. The number of amides is 1. The van der Waals surface area contributed by atoms with Crippen LogP contribution in [0.15, 0.2) is 66.2 Å². The number of aliphatic hydroxyl groups is 1. The zero-order valence-electron chi connectivity index (χ0n) is 23.3. The molecule has 9 nitrogen and oxygen atoms in total. The van der Waals surface area contributed by atoms with Gasteiger partial charge in [-0.05, 0) is 67.4 Å². The van der Waals surface area contributed by atoms with E-state index in [0.29, 0.717) is 71.2 Å². The molecule has 1 N–H and O–H groups in total.